The van der Waals surface area contributed by atoms with Gasteiger partial charge in [-0.3, -0.25) is 0 Å². The smallest absolute Gasteiger partial charge is 0.119 e. The third kappa shape index (κ3) is 4.43. The van der Waals surface area contributed by atoms with Crippen molar-refractivity contribution in [3.05, 3.63) is 24.3 Å². The molecular weight excluding hydrogens is 238 g/mol. The van der Waals surface area contributed by atoms with Gasteiger partial charge in [0.05, 0.1) is 19.3 Å². The molecular formula is C16H27NO2. The predicted octanol–water partition coefficient (Wildman–Crippen LogP) is 3.68. The Balaban J connectivity index is 2.81. The molecule has 0 aromatic heterocycles. The number of anilines is 1. The van der Waals surface area contributed by atoms with Crippen molar-refractivity contribution in [2.24, 2.45) is 5.92 Å². The first kappa shape index (κ1) is 15.8. The molecule has 2 N–H and O–H groups in total. The molecule has 0 saturated heterocycles. The summed E-state index contributed by atoms with van der Waals surface area (Å²) in [6.07, 6.45) is 3.01. The summed E-state index contributed by atoms with van der Waals surface area (Å²) in [5.74, 6) is 1.44. The Hall–Kier alpha value is -1.22. The van der Waals surface area contributed by atoms with Crippen LogP contribution in [0.25, 0.3) is 0 Å². The topological polar surface area (TPSA) is 41.5 Å². The van der Waals surface area contributed by atoms with Crippen LogP contribution in [0.3, 0.4) is 0 Å². The first-order valence-electron chi connectivity index (χ1n) is 7.12. The summed E-state index contributed by atoms with van der Waals surface area (Å²) >= 11 is 0. The van der Waals surface area contributed by atoms with Crippen LogP contribution in [0, 0.1) is 5.92 Å². The molecule has 0 fully saturated rings. The normalized spacial score (nSPS) is 15.6. The minimum Gasteiger partial charge on any atom is -0.497 e. The molecule has 108 valence electrons. The molecule has 3 nitrogen and oxygen atoms in total. The van der Waals surface area contributed by atoms with E-state index >= 15 is 0 Å². The van der Waals surface area contributed by atoms with Gasteiger partial charge in [0, 0.05) is 5.69 Å². The van der Waals surface area contributed by atoms with E-state index in [0.29, 0.717) is 5.92 Å². The van der Waals surface area contributed by atoms with Crippen LogP contribution in [-0.2, 0) is 0 Å². The molecule has 1 aromatic carbocycles. The van der Waals surface area contributed by atoms with Crippen LogP contribution in [-0.4, -0.2) is 24.4 Å². The van der Waals surface area contributed by atoms with Gasteiger partial charge in [0.25, 0.3) is 0 Å². The second kappa shape index (κ2) is 7.39. The lowest BCUT2D eigenvalue weighted by Gasteiger charge is -2.35. The standard InChI is InChI=1S/C16H27NO2/c1-5-13(3)11-16(6-2,12-18)17-14-7-9-15(19-4)10-8-14/h7-10,13,17-18H,5-6,11-12H2,1-4H3. The van der Waals surface area contributed by atoms with Gasteiger partial charge in [-0.1, -0.05) is 27.2 Å². The zero-order valence-electron chi connectivity index (χ0n) is 12.6. The van der Waals surface area contributed by atoms with Crippen molar-refractivity contribution >= 4 is 5.69 Å². The highest BCUT2D eigenvalue weighted by atomic mass is 16.5. The van der Waals surface area contributed by atoms with Gasteiger partial charge in [0.1, 0.15) is 5.75 Å². The molecule has 0 saturated carbocycles. The quantitative estimate of drug-likeness (QED) is 0.753. The Morgan fingerprint density at radius 1 is 1.26 bits per heavy atom. The molecule has 2 atom stereocenters. The number of methoxy groups -OCH3 is 1. The van der Waals surface area contributed by atoms with E-state index in [1.54, 1.807) is 7.11 Å². The summed E-state index contributed by atoms with van der Waals surface area (Å²) in [4.78, 5) is 0. The fraction of sp³-hybridized carbons (Fsp3) is 0.625. The van der Waals surface area contributed by atoms with Gasteiger partial charge >= 0.3 is 0 Å². The summed E-state index contributed by atoms with van der Waals surface area (Å²) in [5.41, 5.74) is 0.796. The van der Waals surface area contributed by atoms with Crippen LogP contribution in [0.1, 0.15) is 40.0 Å². The fourth-order valence-corrected chi connectivity index (χ4v) is 2.29. The molecule has 0 heterocycles. The van der Waals surface area contributed by atoms with Crippen LogP contribution < -0.4 is 10.1 Å². The zero-order chi connectivity index (χ0) is 14.3. The lowest BCUT2D eigenvalue weighted by Crippen LogP contribution is -2.43. The summed E-state index contributed by atoms with van der Waals surface area (Å²) in [6.45, 7) is 6.70. The number of aliphatic hydroxyl groups is 1. The largest absolute Gasteiger partial charge is 0.497 e. The molecule has 19 heavy (non-hydrogen) atoms. The van der Waals surface area contributed by atoms with E-state index in [1.807, 2.05) is 24.3 Å². The van der Waals surface area contributed by atoms with Crippen LogP contribution in [0.2, 0.25) is 0 Å². The monoisotopic (exact) mass is 265 g/mol. The van der Waals surface area contributed by atoms with Gasteiger partial charge in [-0.15, -0.1) is 0 Å². The second-order valence-electron chi connectivity index (χ2n) is 5.36. The Bertz CT molecular complexity index is 358. The molecule has 0 aliphatic carbocycles. The third-order valence-corrected chi connectivity index (χ3v) is 3.92. The predicted molar refractivity (Wildman–Crippen MR) is 80.8 cm³/mol. The summed E-state index contributed by atoms with van der Waals surface area (Å²) < 4.78 is 5.16. The molecule has 0 aliphatic heterocycles. The average molecular weight is 265 g/mol. The number of aliphatic hydroxyl groups excluding tert-OH is 1. The first-order chi connectivity index (χ1) is 9.09. The number of ether oxygens (including phenoxy) is 1. The SMILES string of the molecule is CCC(C)CC(CC)(CO)Nc1ccc(OC)cc1. The average Bonchev–Trinajstić information content (AvgIpc) is 2.47. The van der Waals surface area contributed by atoms with E-state index in [4.69, 9.17) is 4.74 Å². The maximum atomic E-state index is 9.80. The molecule has 0 spiro atoms. The van der Waals surface area contributed by atoms with Gasteiger partial charge in [-0.2, -0.15) is 0 Å². The zero-order valence-corrected chi connectivity index (χ0v) is 12.6. The lowest BCUT2D eigenvalue weighted by molar-refractivity contribution is 0.181. The van der Waals surface area contributed by atoms with Gasteiger partial charge in [0.15, 0.2) is 0 Å². The maximum Gasteiger partial charge on any atom is 0.119 e. The minimum absolute atomic E-state index is 0.153. The van der Waals surface area contributed by atoms with E-state index in [0.717, 1.165) is 30.7 Å². The molecule has 3 heteroatoms. The fourth-order valence-electron chi connectivity index (χ4n) is 2.29. The van der Waals surface area contributed by atoms with Crippen molar-refractivity contribution in [2.45, 2.75) is 45.6 Å². The van der Waals surface area contributed by atoms with E-state index in [2.05, 4.69) is 26.1 Å². The van der Waals surface area contributed by atoms with Crippen molar-refractivity contribution < 1.29 is 9.84 Å². The highest BCUT2D eigenvalue weighted by Crippen LogP contribution is 2.28. The van der Waals surface area contributed by atoms with E-state index in [9.17, 15) is 5.11 Å². The van der Waals surface area contributed by atoms with Crippen molar-refractivity contribution in [3.8, 4) is 5.75 Å². The molecule has 0 bridgehead atoms. The van der Waals surface area contributed by atoms with Crippen LogP contribution in [0.15, 0.2) is 24.3 Å². The van der Waals surface area contributed by atoms with Gasteiger partial charge < -0.3 is 15.2 Å². The van der Waals surface area contributed by atoms with Crippen molar-refractivity contribution in [1.29, 1.82) is 0 Å². The van der Waals surface area contributed by atoms with Gasteiger partial charge in [-0.05, 0) is 43.0 Å². The maximum absolute atomic E-state index is 9.80. The van der Waals surface area contributed by atoms with E-state index < -0.39 is 0 Å². The highest BCUT2D eigenvalue weighted by molar-refractivity contribution is 5.48. The van der Waals surface area contributed by atoms with Crippen LogP contribution in [0.4, 0.5) is 5.69 Å². The lowest BCUT2D eigenvalue weighted by atomic mass is 9.85. The summed E-state index contributed by atoms with van der Waals surface area (Å²) in [5, 5.41) is 13.3. The third-order valence-electron chi connectivity index (χ3n) is 3.92. The molecule has 1 aromatic rings. The van der Waals surface area contributed by atoms with E-state index in [-0.39, 0.29) is 12.1 Å². The number of benzene rings is 1. The van der Waals surface area contributed by atoms with E-state index in [1.165, 1.54) is 0 Å². The molecule has 0 radical (unpaired) electrons. The summed E-state index contributed by atoms with van der Waals surface area (Å²) in [7, 11) is 1.66. The Morgan fingerprint density at radius 2 is 1.89 bits per heavy atom. The number of nitrogens with one attached hydrogen (secondary N) is 1. The Labute approximate surface area is 117 Å². The second-order valence-corrected chi connectivity index (χ2v) is 5.36. The Kier molecular flexibility index (Phi) is 6.16. The highest BCUT2D eigenvalue weighted by Gasteiger charge is 2.28. The van der Waals surface area contributed by atoms with Crippen LogP contribution >= 0.6 is 0 Å². The van der Waals surface area contributed by atoms with Crippen molar-refractivity contribution in [3.63, 3.8) is 0 Å². The minimum atomic E-state index is -0.232. The molecule has 1 rings (SSSR count). The van der Waals surface area contributed by atoms with Crippen molar-refractivity contribution in [2.75, 3.05) is 19.0 Å². The van der Waals surface area contributed by atoms with Crippen LogP contribution in [0.5, 0.6) is 5.75 Å². The van der Waals surface area contributed by atoms with Gasteiger partial charge in [-0.25, -0.2) is 0 Å². The number of hydrogen-bond acceptors (Lipinski definition) is 3. The molecule has 0 amide bonds. The number of hydrogen-bond donors (Lipinski definition) is 2. The molecule has 2 unspecified atom stereocenters. The summed E-state index contributed by atoms with van der Waals surface area (Å²) in [6, 6.07) is 7.86. The first-order valence-corrected chi connectivity index (χ1v) is 7.12. The number of rotatable bonds is 8. The Morgan fingerprint density at radius 3 is 2.32 bits per heavy atom. The van der Waals surface area contributed by atoms with Gasteiger partial charge in [0.2, 0.25) is 0 Å². The molecule has 0 aliphatic rings. The van der Waals surface area contributed by atoms with Crippen molar-refractivity contribution in [1.82, 2.24) is 0 Å².